The predicted molar refractivity (Wildman–Crippen MR) is 149 cm³/mol. The molecule has 3 aliphatic heterocycles. The van der Waals surface area contributed by atoms with Crippen molar-refractivity contribution in [2.24, 2.45) is 0 Å². The van der Waals surface area contributed by atoms with Gasteiger partial charge in [-0.05, 0) is 47.5 Å². The van der Waals surface area contributed by atoms with Crippen LogP contribution in [0.5, 0.6) is 11.5 Å². The van der Waals surface area contributed by atoms with Gasteiger partial charge in [-0.2, -0.15) is 11.8 Å². The van der Waals surface area contributed by atoms with Crippen LogP contribution in [0.1, 0.15) is 21.5 Å². The average molecular weight is 549 g/mol. The smallest absolute Gasteiger partial charge is 0.254 e. The molecule has 3 aliphatic rings. The Morgan fingerprint density at radius 3 is 2.64 bits per heavy atom. The molecule has 6 rings (SSSR count). The van der Waals surface area contributed by atoms with E-state index in [0.717, 1.165) is 42.4 Å². The molecule has 0 aliphatic carbocycles. The second-order valence-electron chi connectivity index (χ2n) is 9.81. The Morgan fingerprint density at radius 2 is 1.79 bits per heavy atom. The minimum atomic E-state index is -0.436. The van der Waals surface area contributed by atoms with Crippen molar-refractivity contribution in [2.75, 3.05) is 49.4 Å². The second-order valence-corrected chi connectivity index (χ2v) is 10.8. The quantitative estimate of drug-likeness (QED) is 0.459. The van der Waals surface area contributed by atoms with Gasteiger partial charge in [0.1, 0.15) is 11.9 Å². The molecule has 1 saturated heterocycles. The maximum atomic E-state index is 13.9. The van der Waals surface area contributed by atoms with Crippen molar-refractivity contribution in [3.05, 3.63) is 83.2 Å². The number of hydrogen-bond acceptors (Lipinski definition) is 7. The fraction of sp³-hybridized carbons (Fsp3) is 0.310. The maximum absolute atomic E-state index is 13.9. The number of rotatable bonds is 7. The van der Waals surface area contributed by atoms with E-state index in [1.807, 2.05) is 29.2 Å². The van der Waals surface area contributed by atoms with Crippen LogP contribution in [0.4, 0.5) is 15.8 Å². The molecule has 1 atom stereocenters. The minimum Gasteiger partial charge on any atom is -0.454 e. The van der Waals surface area contributed by atoms with E-state index in [4.69, 9.17) is 9.47 Å². The molecular weight excluding hydrogens is 519 g/mol. The molecule has 3 aromatic rings. The number of carbonyl (C=O) groups is 2. The van der Waals surface area contributed by atoms with Crippen LogP contribution in [0.3, 0.4) is 0 Å². The third-order valence-electron chi connectivity index (χ3n) is 7.17. The highest BCUT2D eigenvalue weighted by Crippen LogP contribution is 2.33. The lowest BCUT2D eigenvalue weighted by Gasteiger charge is -2.35. The molecule has 39 heavy (non-hydrogen) atoms. The van der Waals surface area contributed by atoms with Gasteiger partial charge in [0.05, 0.1) is 11.4 Å². The zero-order valence-electron chi connectivity index (χ0n) is 21.3. The molecule has 3 aromatic carbocycles. The fourth-order valence-electron chi connectivity index (χ4n) is 4.99. The highest BCUT2D eigenvalue weighted by molar-refractivity contribution is 7.98. The van der Waals surface area contributed by atoms with Crippen LogP contribution in [-0.4, -0.2) is 66.4 Å². The van der Waals surface area contributed by atoms with E-state index >= 15 is 0 Å². The van der Waals surface area contributed by atoms with Gasteiger partial charge < -0.3 is 25.0 Å². The van der Waals surface area contributed by atoms with Crippen molar-refractivity contribution in [1.82, 2.24) is 9.80 Å². The summed E-state index contributed by atoms with van der Waals surface area (Å²) in [4.78, 5) is 30.1. The first kappa shape index (κ1) is 25.5. The third-order valence-corrected chi connectivity index (χ3v) is 8.26. The highest BCUT2D eigenvalue weighted by Gasteiger charge is 2.28. The first-order chi connectivity index (χ1) is 19.0. The Balaban J connectivity index is 1.01. The van der Waals surface area contributed by atoms with Crippen LogP contribution in [0.25, 0.3) is 0 Å². The van der Waals surface area contributed by atoms with Crippen molar-refractivity contribution in [2.45, 2.75) is 18.3 Å². The van der Waals surface area contributed by atoms with Gasteiger partial charge in [-0.3, -0.25) is 14.5 Å². The SMILES string of the molecule is O=C1Nc2cc(C(=O)N3CCN(Cc4ccc5c(c4)OCO5)CC3)ccc2NC1CSCc1ccccc1F. The number of fused-ring (bicyclic) bond motifs is 2. The van der Waals surface area contributed by atoms with Gasteiger partial charge in [0.2, 0.25) is 12.7 Å². The lowest BCUT2D eigenvalue weighted by atomic mass is 10.1. The number of amides is 2. The van der Waals surface area contributed by atoms with Crippen LogP contribution in [0.2, 0.25) is 0 Å². The van der Waals surface area contributed by atoms with Crippen molar-refractivity contribution < 1.29 is 23.5 Å². The Bertz CT molecular complexity index is 1400. The molecule has 10 heteroatoms. The van der Waals surface area contributed by atoms with Crippen LogP contribution >= 0.6 is 11.8 Å². The summed E-state index contributed by atoms with van der Waals surface area (Å²) >= 11 is 1.50. The average Bonchev–Trinajstić information content (AvgIpc) is 3.42. The molecule has 2 amide bonds. The third kappa shape index (κ3) is 5.67. The Hall–Kier alpha value is -3.76. The van der Waals surface area contributed by atoms with E-state index in [9.17, 15) is 14.0 Å². The molecule has 0 spiro atoms. The molecule has 8 nitrogen and oxygen atoms in total. The second kappa shape index (κ2) is 11.2. The number of carbonyl (C=O) groups excluding carboxylic acids is 2. The van der Waals surface area contributed by atoms with Gasteiger partial charge in [-0.1, -0.05) is 24.3 Å². The zero-order chi connectivity index (χ0) is 26.8. The number of thioether (sulfide) groups is 1. The molecule has 1 fully saturated rings. The summed E-state index contributed by atoms with van der Waals surface area (Å²) in [5.74, 6) is 2.10. The lowest BCUT2D eigenvalue weighted by Crippen LogP contribution is -2.48. The molecule has 3 heterocycles. The summed E-state index contributed by atoms with van der Waals surface area (Å²) in [6, 6.07) is 17.6. The van der Waals surface area contributed by atoms with E-state index in [1.54, 1.807) is 30.3 Å². The first-order valence-electron chi connectivity index (χ1n) is 13.0. The highest BCUT2D eigenvalue weighted by atomic mass is 32.2. The molecule has 1 unspecified atom stereocenters. The number of piperazine rings is 1. The number of nitrogens with one attached hydrogen (secondary N) is 2. The predicted octanol–water partition coefficient (Wildman–Crippen LogP) is 4.18. The van der Waals surface area contributed by atoms with E-state index < -0.39 is 6.04 Å². The number of benzene rings is 3. The summed E-state index contributed by atoms with van der Waals surface area (Å²) in [5, 5.41) is 6.20. The normalized spacial score (nSPS) is 18.3. The number of nitrogens with zero attached hydrogens (tertiary/aromatic N) is 2. The first-order valence-corrected chi connectivity index (χ1v) is 14.1. The maximum Gasteiger partial charge on any atom is 0.254 e. The summed E-state index contributed by atoms with van der Waals surface area (Å²) in [7, 11) is 0. The Labute approximate surface area is 230 Å². The van der Waals surface area contributed by atoms with E-state index in [1.165, 1.54) is 17.8 Å². The van der Waals surface area contributed by atoms with Crippen LogP contribution in [0.15, 0.2) is 60.7 Å². The van der Waals surface area contributed by atoms with Crippen molar-refractivity contribution in [3.63, 3.8) is 0 Å². The molecule has 0 radical (unpaired) electrons. The fourth-order valence-corrected chi connectivity index (χ4v) is 6.03. The van der Waals surface area contributed by atoms with Crippen molar-refractivity contribution in [1.29, 1.82) is 0 Å². The lowest BCUT2D eigenvalue weighted by molar-refractivity contribution is -0.116. The number of anilines is 2. The van der Waals surface area contributed by atoms with Gasteiger partial charge in [-0.25, -0.2) is 4.39 Å². The van der Waals surface area contributed by atoms with Gasteiger partial charge >= 0.3 is 0 Å². The summed E-state index contributed by atoms with van der Waals surface area (Å²) in [6.45, 7) is 3.86. The molecule has 0 aromatic heterocycles. The molecular formula is C29H29FN4O4S. The topological polar surface area (TPSA) is 83.1 Å². The minimum absolute atomic E-state index is 0.0441. The summed E-state index contributed by atoms with van der Waals surface area (Å²) < 4.78 is 24.7. The molecule has 2 N–H and O–H groups in total. The summed E-state index contributed by atoms with van der Waals surface area (Å²) in [5.41, 5.74) is 3.70. The van der Waals surface area contributed by atoms with Gasteiger partial charge in [0.15, 0.2) is 11.5 Å². The zero-order valence-corrected chi connectivity index (χ0v) is 22.1. The van der Waals surface area contributed by atoms with Crippen LogP contribution in [-0.2, 0) is 17.1 Å². The monoisotopic (exact) mass is 548 g/mol. The van der Waals surface area contributed by atoms with Crippen molar-refractivity contribution >= 4 is 35.0 Å². The van der Waals surface area contributed by atoms with E-state index in [-0.39, 0.29) is 24.4 Å². The largest absolute Gasteiger partial charge is 0.454 e. The number of ether oxygens (including phenoxy) is 2. The van der Waals surface area contributed by atoms with Gasteiger partial charge in [0.25, 0.3) is 5.91 Å². The van der Waals surface area contributed by atoms with Gasteiger partial charge in [0, 0.05) is 49.8 Å². The standard InChI is InChI=1S/C29H29FN4O4S/c30-22-4-2-1-3-21(22)16-39-17-25-28(35)32-24-14-20(6-7-23(24)31-25)29(36)34-11-9-33(10-12-34)15-19-5-8-26-27(13-19)38-18-37-26/h1-8,13-14,25,31H,9-12,15-18H2,(H,32,35). The van der Waals surface area contributed by atoms with E-state index in [2.05, 4.69) is 15.5 Å². The summed E-state index contributed by atoms with van der Waals surface area (Å²) in [6.07, 6.45) is 0. The van der Waals surface area contributed by atoms with E-state index in [0.29, 0.717) is 41.4 Å². The van der Waals surface area contributed by atoms with Gasteiger partial charge in [-0.15, -0.1) is 0 Å². The van der Waals surface area contributed by atoms with Crippen LogP contribution < -0.4 is 20.1 Å². The van der Waals surface area contributed by atoms with Crippen molar-refractivity contribution in [3.8, 4) is 11.5 Å². The number of hydrogen-bond donors (Lipinski definition) is 2. The number of halogens is 1. The molecule has 0 bridgehead atoms. The van der Waals surface area contributed by atoms with Crippen LogP contribution in [0, 0.1) is 5.82 Å². The Kier molecular flexibility index (Phi) is 7.30. The Morgan fingerprint density at radius 1 is 0.974 bits per heavy atom. The molecule has 202 valence electrons. The molecule has 0 saturated carbocycles.